The second kappa shape index (κ2) is 8.36. The van der Waals surface area contributed by atoms with Crippen LogP contribution in [0.3, 0.4) is 0 Å². The van der Waals surface area contributed by atoms with Gasteiger partial charge in [0, 0.05) is 38.6 Å². The molecule has 2 aliphatic rings. The molecule has 1 unspecified atom stereocenters. The normalized spacial score (nSPS) is 24.2. The van der Waals surface area contributed by atoms with Gasteiger partial charge in [0.05, 0.1) is 0 Å². The molecule has 4 rings (SSSR count). The number of amides is 1. The molecular formula is C24H30N2O2. The number of hydrogen-bond donors (Lipinski definition) is 1. The van der Waals surface area contributed by atoms with Crippen molar-refractivity contribution in [3.05, 3.63) is 65.7 Å². The topological polar surface area (TPSA) is 43.8 Å². The molecule has 2 aromatic carbocycles. The molecule has 148 valence electrons. The van der Waals surface area contributed by atoms with E-state index in [9.17, 15) is 9.90 Å². The number of carbonyl (C=O) groups is 1. The summed E-state index contributed by atoms with van der Waals surface area (Å²) in [6.45, 7) is 4.10. The van der Waals surface area contributed by atoms with E-state index in [1.807, 2.05) is 35.2 Å². The minimum absolute atomic E-state index is 0.144. The lowest BCUT2D eigenvalue weighted by molar-refractivity contribution is -0.129. The number of fused-ring (bicyclic) bond motifs is 2. The van der Waals surface area contributed by atoms with Gasteiger partial charge < -0.3 is 10.0 Å². The molecule has 2 aliphatic heterocycles. The zero-order valence-corrected chi connectivity index (χ0v) is 16.6. The molecule has 0 spiro atoms. The zero-order chi connectivity index (χ0) is 19.5. The fraction of sp³-hybridized carbons (Fsp3) is 0.458. The number of hydrogen-bond acceptors (Lipinski definition) is 3. The van der Waals surface area contributed by atoms with Crippen LogP contribution in [0.1, 0.15) is 49.7 Å². The van der Waals surface area contributed by atoms with Crippen molar-refractivity contribution in [2.24, 2.45) is 0 Å². The fourth-order valence-electron chi connectivity index (χ4n) is 5.08. The molecule has 0 radical (unpaired) electrons. The molecule has 2 fully saturated rings. The van der Waals surface area contributed by atoms with Gasteiger partial charge in [-0.3, -0.25) is 9.69 Å². The molecular weight excluding hydrogens is 348 g/mol. The van der Waals surface area contributed by atoms with Crippen molar-refractivity contribution in [3.63, 3.8) is 0 Å². The number of phenolic OH excluding ortho intramolecular Hbond substituents is 1. The fourth-order valence-corrected chi connectivity index (χ4v) is 5.08. The number of rotatable bonds is 6. The van der Waals surface area contributed by atoms with Gasteiger partial charge in [-0.1, -0.05) is 42.5 Å². The van der Waals surface area contributed by atoms with Crippen molar-refractivity contribution in [2.75, 3.05) is 13.1 Å². The first-order valence-corrected chi connectivity index (χ1v) is 10.4. The summed E-state index contributed by atoms with van der Waals surface area (Å²) in [6, 6.07) is 19.2. The molecule has 0 saturated carbocycles. The predicted molar refractivity (Wildman–Crippen MR) is 111 cm³/mol. The third kappa shape index (κ3) is 4.22. The number of carbonyl (C=O) groups excluding carboxylic acids is 1. The monoisotopic (exact) mass is 378 g/mol. The Morgan fingerprint density at radius 1 is 1.07 bits per heavy atom. The first kappa shape index (κ1) is 19.0. The maximum Gasteiger partial charge on any atom is 0.219 e. The zero-order valence-electron chi connectivity index (χ0n) is 16.6. The van der Waals surface area contributed by atoms with Gasteiger partial charge in [-0.2, -0.15) is 0 Å². The van der Waals surface area contributed by atoms with Gasteiger partial charge in [0.25, 0.3) is 0 Å². The second-order valence-electron chi connectivity index (χ2n) is 8.31. The molecule has 2 bridgehead atoms. The van der Waals surface area contributed by atoms with Crippen molar-refractivity contribution in [1.82, 2.24) is 9.80 Å². The van der Waals surface area contributed by atoms with E-state index in [1.165, 1.54) is 24.0 Å². The molecule has 2 saturated heterocycles. The molecule has 1 N–H and O–H groups in total. The Bertz CT molecular complexity index is 793. The van der Waals surface area contributed by atoms with Crippen molar-refractivity contribution >= 4 is 5.91 Å². The Kier molecular flexibility index (Phi) is 5.67. The van der Waals surface area contributed by atoms with Crippen LogP contribution in [0, 0.1) is 0 Å². The van der Waals surface area contributed by atoms with Gasteiger partial charge in [0.2, 0.25) is 5.91 Å². The highest BCUT2D eigenvalue weighted by atomic mass is 16.3. The molecule has 2 aromatic rings. The van der Waals surface area contributed by atoms with Crippen LogP contribution in [-0.4, -0.2) is 46.0 Å². The third-order valence-corrected chi connectivity index (χ3v) is 6.52. The number of benzene rings is 2. The molecule has 2 heterocycles. The summed E-state index contributed by atoms with van der Waals surface area (Å²) in [4.78, 5) is 16.8. The van der Waals surface area contributed by atoms with Gasteiger partial charge in [0.1, 0.15) is 5.75 Å². The highest BCUT2D eigenvalue weighted by Crippen LogP contribution is 2.43. The molecule has 0 aromatic heterocycles. The SMILES string of the molecule is CC(=O)N(CCN1[C@@H]2CC[C@H]1CC(c1cccc(O)c1)C2)Cc1ccccc1. The van der Waals surface area contributed by atoms with Crippen LogP contribution in [0.4, 0.5) is 0 Å². The Balaban J connectivity index is 1.37. The van der Waals surface area contributed by atoms with Crippen LogP contribution >= 0.6 is 0 Å². The van der Waals surface area contributed by atoms with Gasteiger partial charge >= 0.3 is 0 Å². The van der Waals surface area contributed by atoms with Gasteiger partial charge in [-0.15, -0.1) is 0 Å². The highest BCUT2D eigenvalue weighted by Gasteiger charge is 2.40. The minimum atomic E-state index is 0.144. The largest absolute Gasteiger partial charge is 0.508 e. The summed E-state index contributed by atoms with van der Waals surface area (Å²) in [6.07, 6.45) is 4.80. The van der Waals surface area contributed by atoms with Crippen LogP contribution < -0.4 is 0 Å². The van der Waals surface area contributed by atoms with Crippen LogP contribution in [0.25, 0.3) is 0 Å². The standard InChI is InChI=1S/C24H30N2O2/c1-18(27)25(17-19-6-3-2-4-7-19)12-13-26-22-10-11-23(26)15-21(14-22)20-8-5-9-24(28)16-20/h2-9,16,21-23,28H,10-15,17H2,1H3/t21?,22-,23+. The van der Waals surface area contributed by atoms with Gasteiger partial charge in [-0.25, -0.2) is 0 Å². The lowest BCUT2D eigenvalue weighted by atomic mass is 9.85. The van der Waals surface area contributed by atoms with Crippen LogP contribution in [0.15, 0.2) is 54.6 Å². The molecule has 4 nitrogen and oxygen atoms in total. The summed E-state index contributed by atoms with van der Waals surface area (Å²) >= 11 is 0. The molecule has 28 heavy (non-hydrogen) atoms. The Hall–Kier alpha value is -2.33. The number of aromatic hydroxyl groups is 1. The van der Waals surface area contributed by atoms with Crippen LogP contribution in [0.5, 0.6) is 5.75 Å². The summed E-state index contributed by atoms with van der Waals surface area (Å²) in [5.41, 5.74) is 2.45. The lowest BCUT2D eigenvalue weighted by Crippen LogP contribution is -2.46. The minimum Gasteiger partial charge on any atom is -0.508 e. The third-order valence-electron chi connectivity index (χ3n) is 6.52. The highest BCUT2D eigenvalue weighted by molar-refractivity contribution is 5.73. The lowest BCUT2D eigenvalue weighted by Gasteiger charge is -2.40. The van der Waals surface area contributed by atoms with Crippen molar-refractivity contribution < 1.29 is 9.90 Å². The van der Waals surface area contributed by atoms with E-state index in [0.29, 0.717) is 30.3 Å². The van der Waals surface area contributed by atoms with E-state index in [0.717, 1.165) is 25.9 Å². The molecule has 3 atom stereocenters. The average molecular weight is 379 g/mol. The smallest absolute Gasteiger partial charge is 0.219 e. The summed E-state index contributed by atoms with van der Waals surface area (Å²) in [7, 11) is 0. The Morgan fingerprint density at radius 2 is 1.79 bits per heavy atom. The molecule has 4 heteroatoms. The first-order chi connectivity index (χ1) is 13.6. The van der Waals surface area contributed by atoms with E-state index >= 15 is 0 Å². The van der Waals surface area contributed by atoms with E-state index in [-0.39, 0.29) is 5.91 Å². The molecule has 1 amide bonds. The second-order valence-corrected chi connectivity index (χ2v) is 8.31. The van der Waals surface area contributed by atoms with Gasteiger partial charge in [0.15, 0.2) is 0 Å². The van der Waals surface area contributed by atoms with E-state index < -0.39 is 0 Å². The van der Waals surface area contributed by atoms with E-state index in [2.05, 4.69) is 23.1 Å². The molecule has 0 aliphatic carbocycles. The maximum absolute atomic E-state index is 12.2. The van der Waals surface area contributed by atoms with E-state index in [4.69, 9.17) is 0 Å². The van der Waals surface area contributed by atoms with Crippen molar-refractivity contribution in [2.45, 2.75) is 57.2 Å². The summed E-state index contributed by atoms with van der Waals surface area (Å²) in [5, 5.41) is 9.81. The predicted octanol–water partition coefficient (Wildman–Crippen LogP) is 4.15. The Morgan fingerprint density at radius 3 is 2.43 bits per heavy atom. The number of nitrogens with zero attached hydrogens (tertiary/aromatic N) is 2. The maximum atomic E-state index is 12.2. The van der Waals surface area contributed by atoms with Gasteiger partial charge in [-0.05, 0) is 54.9 Å². The average Bonchev–Trinajstić information content (AvgIpc) is 2.93. The number of piperidine rings is 1. The first-order valence-electron chi connectivity index (χ1n) is 10.4. The quantitative estimate of drug-likeness (QED) is 0.821. The summed E-state index contributed by atoms with van der Waals surface area (Å²) < 4.78 is 0. The summed E-state index contributed by atoms with van der Waals surface area (Å²) in [5.74, 6) is 1.05. The van der Waals surface area contributed by atoms with E-state index in [1.54, 1.807) is 13.0 Å². The van der Waals surface area contributed by atoms with Crippen molar-refractivity contribution in [1.29, 1.82) is 0 Å². The number of phenols is 1. The van der Waals surface area contributed by atoms with Crippen LogP contribution in [-0.2, 0) is 11.3 Å². The van der Waals surface area contributed by atoms with Crippen LogP contribution in [0.2, 0.25) is 0 Å². The van der Waals surface area contributed by atoms with Crippen molar-refractivity contribution in [3.8, 4) is 5.75 Å². The Labute approximate surface area is 167 Å².